The lowest BCUT2D eigenvalue weighted by atomic mass is 9.92. The molecule has 0 radical (unpaired) electrons. The zero-order valence-corrected chi connectivity index (χ0v) is 27.7. The Morgan fingerprint density at radius 1 is 0.619 bits per heavy atom. The fourth-order valence-electron chi connectivity index (χ4n) is 3.08. The Morgan fingerprint density at radius 2 is 0.976 bits per heavy atom. The molecule has 0 amide bonds. The van der Waals surface area contributed by atoms with Gasteiger partial charge in [0.25, 0.3) is 0 Å². The topological polar surface area (TPSA) is 158 Å². The van der Waals surface area contributed by atoms with E-state index < -0.39 is 88.6 Å². The monoisotopic (exact) mass is 599 g/mol. The van der Waals surface area contributed by atoms with Gasteiger partial charge in [-0.1, -0.05) is 6.08 Å². The normalized spacial score (nSPS) is 16.1. The standard InChI is InChI=1S/C31H53NO10/c1-15-16-19(32)21(40-25(35)29(6,7)8)23(42-27(37)31(12,13)14)22(41-26(36)30(9,10)11)20(39-18(2)33)17-38-24(34)28(3,4)5/h15,19-23H,1,16-17,32H2,2-14H3/t19-,20-,21+,22+,23-/m1/s1. The number of hydrogen-bond donors (Lipinski definition) is 1. The Hall–Kier alpha value is -2.95. The third kappa shape index (κ3) is 12.9. The summed E-state index contributed by atoms with van der Waals surface area (Å²) < 4.78 is 28.7. The van der Waals surface area contributed by atoms with E-state index in [1.54, 1.807) is 83.1 Å². The van der Waals surface area contributed by atoms with Gasteiger partial charge in [0, 0.05) is 13.0 Å². The van der Waals surface area contributed by atoms with Gasteiger partial charge in [-0.2, -0.15) is 0 Å². The molecule has 5 atom stereocenters. The van der Waals surface area contributed by atoms with Crippen molar-refractivity contribution in [2.24, 2.45) is 27.4 Å². The summed E-state index contributed by atoms with van der Waals surface area (Å²) in [4.78, 5) is 64.7. The van der Waals surface area contributed by atoms with Crippen molar-refractivity contribution in [3.63, 3.8) is 0 Å². The van der Waals surface area contributed by atoms with E-state index in [2.05, 4.69) is 6.58 Å². The molecule has 0 saturated heterocycles. The van der Waals surface area contributed by atoms with Gasteiger partial charge >= 0.3 is 29.8 Å². The van der Waals surface area contributed by atoms with E-state index in [0.29, 0.717) is 0 Å². The minimum atomic E-state index is -1.60. The summed E-state index contributed by atoms with van der Waals surface area (Å²) in [6.07, 6.45) is -4.44. The van der Waals surface area contributed by atoms with Gasteiger partial charge in [-0.05, 0) is 89.5 Å². The fraction of sp³-hybridized carbons (Fsp3) is 0.774. The van der Waals surface area contributed by atoms with Crippen LogP contribution in [-0.4, -0.2) is 66.9 Å². The molecule has 242 valence electrons. The molecule has 2 N–H and O–H groups in total. The van der Waals surface area contributed by atoms with Crippen molar-refractivity contribution in [3.8, 4) is 0 Å². The van der Waals surface area contributed by atoms with Crippen LogP contribution in [0, 0.1) is 21.7 Å². The van der Waals surface area contributed by atoms with Crippen molar-refractivity contribution in [1.29, 1.82) is 0 Å². The van der Waals surface area contributed by atoms with Crippen LogP contribution in [0.4, 0.5) is 0 Å². The highest BCUT2D eigenvalue weighted by atomic mass is 16.6. The number of nitrogens with two attached hydrogens (primary N) is 1. The number of carbonyl (C=O) groups excluding carboxylic acids is 5. The second-order valence-corrected chi connectivity index (χ2v) is 14.5. The molecule has 0 aliphatic carbocycles. The lowest BCUT2D eigenvalue weighted by Crippen LogP contribution is -2.59. The number of rotatable bonds is 12. The summed E-state index contributed by atoms with van der Waals surface area (Å²) in [5, 5.41) is 0. The summed E-state index contributed by atoms with van der Waals surface area (Å²) in [6, 6.07) is -0.988. The third-order valence-corrected chi connectivity index (χ3v) is 5.75. The Morgan fingerprint density at radius 3 is 1.31 bits per heavy atom. The van der Waals surface area contributed by atoms with Crippen LogP contribution in [0.2, 0.25) is 0 Å². The molecular weight excluding hydrogens is 546 g/mol. The minimum Gasteiger partial charge on any atom is -0.461 e. The predicted molar refractivity (Wildman–Crippen MR) is 157 cm³/mol. The van der Waals surface area contributed by atoms with E-state index >= 15 is 0 Å². The van der Waals surface area contributed by atoms with Crippen molar-refractivity contribution < 1.29 is 47.7 Å². The molecule has 0 aliphatic rings. The van der Waals surface area contributed by atoms with Gasteiger partial charge in [0.05, 0.1) is 21.7 Å². The quantitative estimate of drug-likeness (QED) is 0.194. The molecule has 0 saturated carbocycles. The third-order valence-electron chi connectivity index (χ3n) is 5.75. The van der Waals surface area contributed by atoms with Crippen LogP contribution in [0.3, 0.4) is 0 Å². The van der Waals surface area contributed by atoms with Crippen molar-refractivity contribution in [3.05, 3.63) is 12.7 Å². The molecule has 0 aliphatic heterocycles. The zero-order valence-electron chi connectivity index (χ0n) is 27.7. The molecule has 0 heterocycles. The van der Waals surface area contributed by atoms with Gasteiger partial charge < -0.3 is 29.4 Å². The van der Waals surface area contributed by atoms with Crippen molar-refractivity contribution >= 4 is 29.8 Å². The highest BCUT2D eigenvalue weighted by Crippen LogP contribution is 2.30. The first-order valence-corrected chi connectivity index (χ1v) is 14.1. The van der Waals surface area contributed by atoms with E-state index in [9.17, 15) is 24.0 Å². The zero-order chi connectivity index (χ0) is 33.4. The molecular formula is C31H53NO10. The smallest absolute Gasteiger partial charge is 0.311 e. The van der Waals surface area contributed by atoms with Crippen molar-refractivity contribution in [1.82, 2.24) is 0 Å². The molecule has 11 heteroatoms. The first-order valence-electron chi connectivity index (χ1n) is 14.1. The molecule has 42 heavy (non-hydrogen) atoms. The highest BCUT2D eigenvalue weighted by molar-refractivity contribution is 5.78. The van der Waals surface area contributed by atoms with Gasteiger partial charge in [-0.3, -0.25) is 24.0 Å². The molecule has 0 rings (SSSR count). The van der Waals surface area contributed by atoms with Crippen LogP contribution in [0.15, 0.2) is 12.7 Å². The first-order chi connectivity index (χ1) is 18.7. The van der Waals surface area contributed by atoms with E-state index in [0.717, 1.165) is 6.92 Å². The Bertz CT molecular complexity index is 976. The maximum absolute atomic E-state index is 13.3. The van der Waals surface area contributed by atoms with Crippen LogP contribution < -0.4 is 5.73 Å². The molecule has 0 bridgehead atoms. The summed E-state index contributed by atoms with van der Waals surface area (Å²) in [6.45, 7) is 23.7. The second kappa shape index (κ2) is 15.0. The first kappa shape index (κ1) is 39.0. The SMILES string of the molecule is C=CC[C@@H](N)[C@H](OC(=O)C(C)(C)C)[C@@H](OC(=O)C(C)(C)C)[C@@H](OC(=O)C(C)(C)C)[C@@H](COC(=O)C(C)(C)C)OC(C)=O. The van der Waals surface area contributed by atoms with Gasteiger partial charge in [0.1, 0.15) is 6.61 Å². The largest absolute Gasteiger partial charge is 0.461 e. The average Bonchev–Trinajstić information content (AvgIpc) is 2.79. The van der Waals surface area contributed by atoms with Gasteiger partial charge in [0.15, 0.2) is 24.4 Å². The minimum absolute atomic E-state index is 0.114. The fourth-order valence-corrected chi connectivity index (χ4v) is 3.08. The molecule has 0 unspecified atom stereocenters. The summed E-state index contributed by atoms with van der Waals surface area (Å²) in [5.41, 5.74) is 2.47. The van der Waals surface area contributed by atoms with Crippen LogP contribution in [0.5, 0.6) is 0 Å². The Kier molecular flexibility index (Phi) is 13.9. The molecule has 0 aromatic rings. The molecule has 0 spiro atoms. The van der Waals surface area contributed by atoms with Crippen LogP contribution >= 0.6 is 0 Å². The van der Waals surface area contributed by atoms with Crippen molar-refractivity contribution in [2.45, 2.75) is 127 Å². The van der Waals surface area contributed by atoms with Gasteiger partial charge in [-0.15, -0.1) is 6.58 Å². The summed E-state index contributed by atoms with van der Waals surface area (Å²) >= 11 is 0. The number of esters is 5. The average molecular weight is 600 g/mol. The summed E-state index contributed by atoms with van der Waals surface area (Å²) in [7, 11) is 0. The molecule has 0 fully saturated rings. The Balaban J connectivity index is 7.35. The summed E-state index contributed by atoms with van der Waals surface area (Å²) in [5.74, 6) is -3.57. The van der Waals surface area contributed by atoms with Crippen molar-refractivity contribution in [2.75, 3.05) is 6.61 Å². The highest BCUT2D eigenvalue weighted by Gasteiger charge is 2.49. The molecule has 11 nitrogen and oxygen atoms in total. The van der Waals surface area contributed by atoms with Gasteiger partial charge in [0.2, 0.25) is 0 Å². The maximum Gasteiger partial charge on any atom is 0.311 e. The molecule has 0 aromatic carbocycles. The number of hydrogen-bond acceptors (Lipinski definition) is 11. The molecule has 0 aromatic heterocycles. The van der Waals surface area contributed by atoms with Crippen LogP contribution in [-0.2, 0) is 47.7 Å². The lowest BCUT2D eigenvalue weighted by molar-refractivity contribution is -0.214. The van der Waals surface area contributed by atoms with Crippen LogP contribution in [0.25, 0.3) is 0 Å². The second-order valence-electron chi connectivity index (χ2n) is 14.5. The van der Waals surface area contributed by atoms with Gasteiger partial charge in [-0.25, -0.2) is 0 Å². The lowest BCUT2D eigenvalue weighted by Gasteiger charge is -2.40. The van der Waals surface area contributed by atoms with E-state index in [1.807, 2.05) is 0 Å². The maximum atomic E-state index is 13.3. The Labute approximate surface area is 251 Å². The number of carbonyl (C=O) groups is 5. The van der Waals surface area contributed by atoms with E-state index in [-0.39, 0.29) is 6.42 Å². The van der Waals surface area contributed by atoms with E-state index in [1.165, 1.54) is 6.08 Å². The van der Waals surface area contributed by atoms with Crippen LogP contribution in [0.1, 0.15) is 96.4 Å². The predicted octanol–water partition coefficient (Wildman–Crippen LogP) is 4.28. The van der Waals surface area contributed by atoms with E-state index in [4.69, 9.17) is 29.4 Å². The number of ether oxygens (including phenoxy) is 5.